The van der Waals surface area contributed by atoms with Gasteiger partial charge in [-0.25, -0.2) is 0 Å². The number of hydrogen-bond acceptors (Lipinski definition) is 3. The van der Waals surface area contributed by atoms with Crippen molar-refractivity contribution in [2.75, 3.05) is 6.54 Å². The van der Waals surface area contributed by atoms with Crippen molar-refractivity contribution in [3.63, 3.8) is 0 Å². The van der Waals surface area contributed by atoms with E-state index in [0.717, 1.165) is 29.4 Å². The van der Waals surface area contributed by atoms with E-state index in [1.165, 1.54) is 0 Å². The Morgan fingerprint density at radius 2 is 2.13 bits per heavy atom. The molecule has 0 bridgehead atoms. The Bertz CT molecular complexity index is 770. The Morgan fingerprint density at radius 1 is 1.35 bits per heavy atom. The summed E-state index contributed by atoms with van der Waals surface area (Å²) >= 11 is 5.06. The molecule has 0 saturated heterocycles. The minimum atomic E-state index is -0.228. The maximum absolute atomic E-state index is 12.5. The lowest BCUT2D eigenvalue weighted by molar-refractivity contribution is 0.0945. The van der Waals surface area contributed by atoms with Crippen molar-refractivity contribution in [3.05, 3.63) is 54.2 Å². The molecule has 3 N–H and O–H groups in total. The minimum Gasteiger partial charge on any atom is -0.358 e. The number of aromatic nitrogens is 1. The van der Waals surface area contributed by atoms with Crippen molar-refractivity contribution in [3.8, 4) is 0 Å². The number of nitrogens with one attached hydrogen (secondary N) is 3. The van der Waals surface area contributed by atoms with Crippen LogP contribution >= 0.6 is 12.2 Å². The zero-order chi connectivity index (χ0) is 16.2. The number of benzene rings is 1. The number of pyridine rings is 1. The number of hydrazine groups is 1. The number of carbonyl (C=O) groups is 1. The number of carbonyl (C=O) groups excluding carboxylic acids is 1. The second kappa shape index (κ2) is 6.75. The fraction of sp³-hybridized carbons (Fsp3) is 0.235. The third kappa shape index (κ3) is 3.65. The third-order valence-electron chi connectivity index (χ3n) is 3.67. The highest BCUT2D eigenvalue weighted by molar-refractivity contribution is 7.80. The van der Waals surface area contributed by atoms with E-state index in [0.29, 0.717) is 23.1 Å². The fourth-order valence-corrected chi connectivity index (χ4v) is 2.50. The molecule has 0 aliphatic heterocycles. The van der Waals surface area contributed by atoms with Crippen LogP contribution in [0.1, 0.15) is 34.8 Å². The van der Waals surface area contributed by atoms with Gasteiger partial charge in [0.25, 0.3) is 5.91 Å². The van der Waals surface area contributed by atoms with Gasteiger partial charge in [0, 0.05) is 23.5 Å². The Morgan fingerprint density at radius 3 is 2.87 bits per heavy atom. The summed E-state index contributed by atoms with van der Waals surface area (Å²) in [5.41, 5.74) is 7.77. The molecule has 1 aromatic heterocycles. The van der Waals surface area contributed by atoms with Crippen molar-refractivity contribution >= 4 is 34.1 Å². The van der Waals surface area contributed by atoms with Gasteiger partial charge in [0.2, 0.25) is 0 Å². The molecule has 5 nitrogen and oxygen atoms in total. The second-order valence-electron chi connectivity index (χ2n) is 5.46. The monoisotopic (exact) mass is 326 g/mol. The highest BCUT2D eigenvalue weighted by atomic mass is 32.1. The fourth-order valence-electron chi connectivity index (χ4n) is 2.36. The summed E-state index contributed by atoms with van der Waals surface area (Å²) < 4.78 is 0. The van der Waals surface area contributed by atoms with Gasteiger partial charge in [0.15, 0.2) is 5.11 Å². The summed E-state index contributed by atoms with van der Waals surface area (Å²) in [4.78, 5) is 17.2. The van der Waals surface area contributed by atoms with Crippen molar-refractivity contribution in [1.82, 2.24) is 21.2 Å². The SMILES string of the molecule is C=CCNC(=S)NNC(=O)c1cc(C2CC2)nc2ccccc12. The lowest BCUT2D eigenvalue weighted by Crippen LogP contribution is -2.46. The van der Waals surface area contributed by atoms with E-state index in [1.54, 1.807) is 6.08 Å². The summed E-state index contributed by atoms with van der Waals surface area (Å²) in [6, 6.07) is 9.56. The molecular formula is C17H18N4OS. The standard InChI is InChI=1S/C17H18N4OS/c1-2-9-18-17(23)21-20-16(22)13-10-15(11-7-8-11)19-14-6-4-3-5-12(13)14/h2-6,10-11H,1,7-9H2,(H,20,22)(H2,18,21,23). The van der Waals surface area contributed by atoms with Crippen molar-refractivity contribution in [2.24, 2.45) is 0 Å². The van der Waals surface area contributed by atoms with Gasteiger partial charge in [-0.1, -0.05) is 24.3 Å². The summed E-state index contributed by atoms with van der Waals surface area (Å²) in [6.07, 6.45) is 3.97. The van der Waals surface area contributed by atoms with Crippen molar-refractivity contribution < 1.29 is 4.79 Å². The molecule has 1 aromatic carbocycles. The molecular weight excluding hydrogens is 308 g/mol. The Hall–Kier alpha value is -2.47. The first-order valence-electron chi connectivity index (χ1n) is 7.54. The molecule has 0 spiro atoms. The zero-order valence-electron chi connectivity index (χ0n) is 12.6. The number of rotatable bonds is 4. The van der Waals surface area contributed by atoms with E-state index >= 15 is 0 Å². The molecule has 1 amide bonds. The molecule has 6 heteroatoms. The van der Waals surface area contributed by atoms with Crippen LogP contribution in [-0.4, -0.2) is 22.5 Å². The maximum atomic E-state index is 12.5. The smallest absolute Gasteiger partial charge is 0.270 e. The third-order valence-corrected chi connectivity index (χ3v) is 3.92. The molecule has 1 heterocycles. The van der Waals surface area contributed by atoms with Crippen molar-refractivity contribution in [2.45, 2.75) is 18.8 Å². The molecule has 0 radical (unpaired) electrons. The van der Waals surface area contributed by atoms with Crippen LogP contribution in [0.3, 0.4) is 0 Å². The number of amides is 1. The van der Waals surface area contributed by atoms with Crippen LogP contribution in [-0.2, 0) is 0 Å². The van der Waals surface area contributed by atoms with E-state index < -0.39 is 0 Å². The number of para-hydroxylation sites is 1. The van der Waals surface area contributed by atoms with Crippen LogP contribution in [0, 0.1) is 0 Å². The molecule has 118 valence electrons. The van der Waals surface area contributed by atoms with Crippen LogP contribution in [0.5, 0.6) is 0 Å². The minimum absolute atomic E-state index is 0.228. The molecule has 23 heavy (non-hydrogen) atoms. The summed E-state index contributed by atoms with van der Waals surface area (Å²) in [6.45, 7) is 4.13. The molecule has 1 aliphatic rings. The first kappa shape index (κ1) is 15.4. The predicted octanol–water partition coefficient (Wildman–Crippen LogP) is 2.41. The van der Waals surface area contributed by atoms with Crippen LogP contribution in [0.25, 0.3) is 10.9 Å². The van der Waals surface area contributed by atoms with Gasteiger partial charge in [-0.3, -0.25) is 20.6 Å². The van der Waals surface area contributed by atoms with E-state index in [9.17, 15) is 4.79 Å². The van der Waals surface area contributed by atoms with Gasteiger partial charge >= 0.3 is 0 Å². The van der Waals surface area contributed by atoms with Gasteiger partial charge < -0.3 is 5.32 Å². The summed E-state index contributed by atoms with van der Waals surface area (Å²) in [7, 11) is 0. The highest BCUT2D eigenvalue weighted by Gasteiger charge is 2.26. The Kier molecular flexibility index (Phi) is 4.52. The largest absolute Gasteiger partial charge is 0.358 e. The van der Waals surface area contributed by atoms with Gasteiger partial charge in [0.05, 0.1) is 11.1 Å². The lowest BCUT2D eigenvalue weighted by atomic mass is 10.1. The number of nitrogens with zero attached hydrogens (tertiary/aromatic N) is 1. The molecule has 1 aliphatic carbocycles. The molecule has 0 atom stereocenters. The summed E-state index contributed by atoms with van der Waals surface area (Å²) in [5.74, 6) is 0.253. The number of hydrogen-bond donors (Lipinski definition) is 3. The van der Waals surface area contributed by atoms with E-state index in [1.807, 2.05) is 30.3 Å². The first-order chi connectivity index (χ1) is 11.2. The van der Waals surface area contributed by atoms with E-state index in [2.05, 4.69) is 27.7 Å². The quantitative estimate of drug-likeness (QED) is 0.457. The Balaban J connectivity index is 1.81. The average Bonchev–Trinajstić information content (AvgIpc) is 3.41. The normalized spacial score (nSPS) is 13.4. The molecule has 1 fully saturated rings. The molecule has 1 saturated carbocycles. The Labute approximate surface area is 140 Å². The average molecular weight is 326 g/mol. The number of fused-ring (bicyclic) bond motifs is 1. The molecule has 2 aromatic rings. The van der Waals surface area contributed by atoms with E-state index in [4.69, 9.17) is 12.2 Å². The van der Waals surface area contributed by atoms with Gasteiger partial charge in [-0.2, -0.15) is 0 Å². The highest BCUT2D eigenvalue weighted by Crippen LogP contribution is 2.40. The van der Waals surface area contributed by atoms with Crippen LogP contribution in [0.15, 0.2) is 43.0 Å². The predicted molar refractivity (Wildman–Crippen MR) is 95.1 cm³/mol. The maximum Gasteiger partial charge on any atom is 0.270 e. The van der Waals surface area contributed by atoms with Crippen molar-refractivity contribution in [1.29, 1.82) is 0 Å². The topological polar surface area (TPSA) is 66.0 Å². The molecule has 0 unspecified atom stereocenters. The second-order valence-corrected chi connectivity index (χ2v) is 5.87. The van der Waals surface area contributed by atoms with Crippen LogP contribution < -0.4 is 16.2 Å². The summed E-state index contributed by atoms with van der Waals surface area (Å²) in [5, 5.41) is 4.07. The molecule has 3 rings (SSSR count). The van der Waals surface area contributed by atoms with E-state index in [-0.39, 0.29) is 5.91 Å². The number of thiocarbonyl (C=S) groups is 1. The first-order valence-corrected chi connectivity index (χ1v) is 7.94. The zero-order valence-corrected chi connectivity index (χ0v) is 13.5. The van der Waals surface area contributed by atoms with Gasteiger partial charge in [-0.15, -0.1) is 6.58 Å². The van der Waals surface area contributed by atoms with Gasteiger partial charge in [0.1, 0.15) is 0 Å². The lowest BCUT2D eigenvalue weighted by Gasteiger charge is -2.12. The van der Waals surface area contributed by atoms with Crippen LogP contribution in [0.2, 0.25) is 0 Å². The van der Waals surface area contributed by atoms with Crippen LogP contribution in [0.4, 0.5) is 0 Å². The van der Waals surface area contributed by atoms with Gasteiger partial charge in [-0.05, 0) is 37.2 Å².